The van der Waals surface area contributed by atoms with E-state index in [1.54, 1.807) is 0 Å². The van der Waals surface area contributed by atoms with E-state index < -0.39 is 0 Å². The van der Waals surface area contributed by atoms with E-state index in [0.29, 0.717) is 5.82 Å². The maximum atomic E-state index is 11.1. The highest BCUT2D eigenvalue weighted by molar-refractivity contribution is 5.89. The number of aromatic nitrogens is 2. The lowest BCUT2D eigenvalue weighted by atomic mass is 10.2. The minimum Gasteiger partial charge on any atom is -0.331 e. The van der Waals surface area contributed by atoms with Crippen LogP contribution in [0.5, 0.6) is 0 Å². The van der Waals surface area contributed by atoms with Gasteiger partial charge in [0, 0.05) is 13.5 Å². The molecule has 2 rings (SSSR count). The van der Waals surface area contributed by atoms with Gasteiger partial charge in [0.15, 0.2) is 5.82 Å². The number of carbonyl (C=O) groups excluding carboxylic acids is 1. The zero-order valence-electron chi connectivity index (χ0n) is 10.5. The van der Waals surface area contributed by atoms with Gasteiger partial charge in [-0.1, -0.05) is 5.16 Å². The Morgan fingerprint density at radius 2 is 2.18 bits per heavy atom. The Morgan fingerprint density at radius 3 is 2.82 bits per heavy atom. The summed E-state index contributed by atoms with van der Waals surface area (Å²) in [5.41, 5.74) is 0. The molecule has 2 heterocycles. The molecule has 6 heteroatoms. The van der Waals surface area contributed by atoms with Crippen molar-refractivity contribution in [2.24, 2.45) is 0 Å². The second-order valence-electron chi connectivity index (χ2n) is 4.63. The standard InChI is InChI=1S/C11H18N4O2/c1-8(16)11-12-10(13-17-11)9-7-14(2)5-4-6-15(9)3/h9H,4-7H2,1-3H3. The molecule has 94 valence electrons. The average molecular weight is 238 g/mol. The molecular formula is C11H18N4O2. The topological polar surface area (TPSA) is 62.5 Å². The van der Waals surface area contributed by atoms with E-state index in [0.717, 1.165) is 26.1 Å². The maximum absolute atomic E-state index is 11.1. The minimum atomic E-state index is -0.187. The van der Waals surface area contributed by atoms with Crippen LogP contribution in [0.15, 0.2) is 4.52 Å². The van der Waals surface area contributed by atoms with Crippen LogP contribution in [0, 0.1) is 0 Å². The highest BCUT2D eigenvalue weighted by Crippen LogP contribution is 2.20. The van der Waals surface area contributed by atoms with E-state index in [2.05, 4.69) is 27.0 Å². The predicted molar refractivity (Wildman–Crippen MR) is 61.8 cm³/mol. The molecule has 1 aliphatic heterocycles. The van der Waals surface area contributed by atoms with E-state index >= 15 is 0 Å². The van der Waals surface area contributed by atoms with Crippen LogP contribution >= 0.6 is 0 Å². The van der Waals surface area contributed by atoms with Crippen molar-refractivity contribution >= 4 is 5.78 Å². The van der Waals surface area contributed by atoms with Gasteiger partial charge in [0.05, 0.1) is 6.04 Å². The van der Waals surface area contributed by atoms with Crippen LogP contribution in [0.1, 0.15) is 35.9 Å². The molecule has 1 saturated heterocycles. The summed E-state index contributed by atoms with van der Waals surface area (Å²) in [4.78, 5) is 19.8. The molecule has 0 saturated carbocycles. The maximum Gasteiger partial charge on any atom is 0.293 e. The molecule has 0 spiro atoms. The van der Waals surface area contributed by atoms with Gasteiger partial charge in [-0.3, -0.25) is 9.69 Å². The molecule has 0 aliphatic carbocycles. The number of Topliss-reactive ketones (excluding diaryl/α,β-unsaturated/α-hetero) is 1. The molecule has 0 amide bonds. The Kier molecular flexibility index (Phi) is 3.54. The number of nitrogens with zero attached hydrogens (tertiary/aromatic N) is 4. The van der Waals surface area contributed by atoms with Crippen molar-refractivity contribution in [2.75, 3.05) is 33.7 Å². The van der Waals surface area contributed by atoms with Gasteiger partial charge in [0.2, 0.25) is 5.78 Å². The van der Waals surface area contributed by atoms with Gasteiger partial charge in [-0.15, -0.1) is 0 Å². The highest BCUT2D eigenvalue weighted by atomic mass is 16.5. The van der Waals surface area contributed by atoms with E-state index in [1.807, 2.05) is 7.05 Å². The van der Waals surface area contributed by atoms with Crippen LogP contribution in [0.2, 0.25) is 0 Å². The van der Waals surface area contributed by atoms with Crippen LogP contribution in [-0.4, -0.2) is 59.5 Å². The van der Waals surface area contributed by atoms with Gasteiger partial charge < -0.3 is 9.42 Å². The summed E-state index contributed by atoms with van der Waals surface area (Å²) in [6.45, 7) is 4.35. The van der Waals surface area contributed by atoms with Crippen molar-refractivity contribution < 1.29 is 9.32 Å². The molecule has 1 aromatic rings. The summed E-state index contributed by atoms with van der Waals surface area (Å²) in [6, 6.07) is 0.0966. The van der Waals surface area contributed by atoms with Crippen molar-refractivity contribution in [2.45, 2.75) is 19.4 Å². The summed E-state index contributed by atoms with van der Waals surface area (Å²) in [5.74, 6) is 0.514. The zero-order valence-corrected chi connectivity index (χ0v) is 10.5. The fourth-order valence-corrected chi connectivity index (χ4v) is 2.06. The molecule has 0 N–H and O–H groups in total. The molecule has 1 aliphatic rings. The third-order valence-electron chi connectivity index (χ3n) is 3.11. The van der Waals surface area contributed by atoms with E-state index in [9.17, 15) is 4.79 Å². The van der Waals surface area contributed by atoms with E-state index in [4.69, 9.17) is 4.52 Å². The molecular weight excluding hydrogens is 220 g/mol. The third-order valence-corrected chi connectivity index (χ3v) is 3.11. The number of carbonyl (C=O) groups is 1. The van der Waals surface area contributed by atoms with Crippen LogP contribution in [0.25, 0.3) is 0 Å². The molecule has 0 bridgehead atoms. The monoisotopic (exact) mass is 238 g/mol. The molecule has 1 unspecified atom stereocenters. The Morgan fingerprint density at radius 1 is 1.41 bits per heavy atom. The molecule has 1 fully saturated rings. The van der Waals surface area contributed by atoms with Gasteiger partial charge in [0.25, 0.3) is 5.89 Å². The Bertz CT molecular complexity index is 404. The number of likely N-dealkylation sites (N-methyl/N-ethyl adjacent to an activating group) is 2. The van der Waals surface area contributed by atoms with Crippen molar-refractivity contribution in [3.8, 4) is 0 Å². The summed E-state index contributed by atoms with van der Waals surface area (Å²) in [5, 5.41) is 3.91. The fourth-order valence-electron chi connectivity index (χ4n) is 2.06. The van der Waals surface area contributed by atoms with Crippen molar-refractivity contribution in [1.29, 1.82) is 0 Å². The molecule has 6 nitrogen and oxygen atoms in total. The first-order valence-electron chi connectivity index (χ1n) is 5.81. The molecule has 17 heavy (non-hydrogen) atoms. The Balaban J connectivity index is 2.20. The normalized spacial score (nSPS) is 23.6. The number of rotatable bonds is 2. The summed E-state index contributed by atoms with van der Waals surface area (Å²) < 4.78 is 4.95. The number of hydrogen-bond donors (Lipinski definition) is 0. The van der Waals surface area contributed by atoms with Gasteiger partial charge in [-0.2, -0.15) is 4.98 Å². The minimum absolute atomic E-state index is 0.0966. The number of hydrogen-bond acceptors (Lipinski definition) is 6. The van der Waals surface area contributed by atoms with Crippen LogP contribution in [0.3, 0.4) is 0 Å². The summed E-state index contributed by atoms with van der Waals surface area (Å²) in [6.07, 6.45) is 1.13. The van der Waals surface area contributed by atoms with Crippen molar-refractivity contribution in [3.05, 3.63) is 11.7 Å². The largest absolute Gasteiger partial charge is 0.331 e. The second kappa shape index (κ2) is 4.93. The molecule has 0 radical (unpaired) electrons. The van der Waals surface area contributed by atoms with Crippen molar-refractivity contribution in [1.82, 2.24) is 19.9 Å². The third kappa shape index (κ3) is 2.70. The SMILES string of the molecule is CC(=O)c1nc(C2CN(C)CCCN2C)no1. The zero-order chi connectivity index (χ0) is 12.4. The van der Waals surface area contributed by atoms with Crippen LogP contribution in [0.4, 0.5) is 0 Å². The fraction of sp³-hybridized carbons (Fsp3) is 0.727. The quantitative estimate of drug-likeness (QED) is 0.702. The lowest BCUT2D eigenvalue weighted by Gasteiger charge is -2.24. The van der Waals surface area contributed by atoms with Gasteiger partial charge in [-0.25, -0.2) is 0 Å². The molecule has 1 atom stereocenters. The Hall–Kier alpha value is -1.27. The lowest BCUT2D eigenvalue weighted by molar-refractivity contribution is 0.0972. The van der Waals surface area contributed by atoms with Gasteiger partial charge >= 0.3 is 0 Å². The average Bonchev–Trinajstić information content (AvgIpc) is 2.68. The van der Waals surface area contributed by atoms with E-state index in [1.165, 1.54) is 6.92 Å². The predicted octanol–water partition coefficient (Wildman–Crippen LogP) is 0.581. The van der Waals surface area contributed by atoms with Crippen LogP contribution in [-0.2, 0) is 0 Å². The summed E-state index contributed by atoms with van der Waals surface area (Å²) >= 11 is 0. The van der Waals surface area contributed by atoms with Gasteiger partial charge in [-0.05, 0) is 33.6 Å². The Labute approximate surface area is 101 Å². The smallest absolute Gasteiger partial charge is 0.293 e. The lowest BCUT2D eigenvalue weighted by Crippen LogP contribution is -2.31. The first-order chi connectivity index (χ1) is 8.08. The first-order valence-corrected chi connectivity index (χ1v) is 5.81. The van der Waals surface area contributed by atoms with Crippen LogP contribution < -0.4 is 0 Å². The molecule has 0 aromatic carbocycles. The van der Waals surface area contributed by atoms with Gasteiger partial charge in [0.1, 0.15) is 0 Å². The first kappa shape index (κ1) is 12.2. The molecule has 1 aromatic heterocycles. The van der Waals surface area contributed by atoms with Crippen molar-refractivity contribution in [3.63, 3.8) is 0 Å². The highest BCUT2D eigenvalue weighted by Gasteiger charge is 2.26. The number of ketones is 1. The second-order valence-corrected chi connectivity index (χ2v) is 4.63. The summed E-state index contributed by atoms with van der Waals surface area (Å²) in [7, 11) is 4.13. The van der Waals surface area contributed by atoms with E-state index in [-0.39, 0.29) is 17.7 Å².